The molecule has 0 aliphatic carbocycles. The number of primary amides is 1. The summed E-state index contributed by atoms with van der Waals surface area (Å²) in [6.45, 7) is 8.32. The number of aryl methyl sites for hydroxylation is 2. The van der Waals surface area contributed by atoms with Gasteiger partial charge < -0.3 is 35.6 Å². The number of nitrogens with zero attached hydrogens (tertiary/aromatic N) is 6. The molecular formula is C48H54N10O6. The number of hydrogen-bond acceptors (Lipinski definition) is 11. The number of carbonyl (C=O) groups is 4. The van der Waals surface area contributed by atoms with Gasteiger partial charge in [-0.3, -0.25) is 29.5 Å². The molecule has 5 amide bonds. The molecule has 16 heteroatoms. The molecule has 4 aliphatic heterocycles. The van der Waals surface area contributed by atoms with Gasteiger partial charge in [0.1, 0.15) is 34.1 Å². The van der Waals surface area contributed by atoms with Gasteiger partial charge in [0, 0.05) is 100 Å². The third kappa shape index (κ3) is 8.78. The van der Waals surface area contributed by atoms with Crippen LogP contribution >= 0.6 is 0 Å². The van der Waals surface area contributed by atoms with E-state index in [1.165, 1.54) is 25.6 Å². The Morgan fingerprint density at radius 2 is 1.42 bits per heavy atom. The maximum atomic E-state index is 13.1. The SMILES string of the molecule is COc1cccc(OC)c1C(=O)NCc1ccc(-c2nn3c(c2C(N)=O)Nc2ccc(N4CCN(CC5CCN(c6ccc(N7CCC(=O)NC7=O)cc6)CC5)CC4)cc2CC3)cc1. The minimum atomic E-state index is -0.564. The smallest absolute Gasteiger partial charge is 0.328 e. The number of methoxy groups -OCH3 is 2. The second kappa shape index (κ2) is 18.3. The number of imide groups is 1. The van der Waals surface area contributed by atoms with Crippen LogP contribution in [0, 0.1) is 5.92 Å². The summed E-state index contributed by atoms with van der Waals surface area (Å²) >= 11 is 0. The zero-order valence-corrected chi connectivity index (χ0v) is 36.3. The standard InChI is InChI=1S/C48H54N10O6/c1-63-39-4-3-5-40(64-2)42(39)47(61)50-29-31-6-8-33(9-7-31)44-43(45(49)60)46-51-38-15-14-37(28-34(38)18-23-58(46)53-44)56-26-24-54(25-27-56)30-32-16-20-55(21-17-32)35-10-12-36(13-11-35)57-22-19-41(59)52-48(57)62/h3-15,28,32,51H,16-27,29-30H2,1-2H3,(H2,49,60)(H,50,61)(H,52,59,62). The highest BCUT2D eigenvalue weighted by atomic mass is 16.5. The Morgan fingerprint density at radius 3 is 2.09 bits per heavy atom. The van der Waals surface area contributed by atoms with Crippen LogP contribution < -0.4 is 45.9 Å². The number of aromatic nitrogens is 2. The first-order chi connectivity index (χ1) is 31.1. The first-order valence-electron chi connectivity index (χ1n) is 22.0. The Balaban J connectivity index is 0.774. The quantitative estimate of drug-likeness (QED) is 0.127. The topological polar surface area (TPSA) is 180 Å². The lowest BCUT2D eigenvalue weighted by molar-refractivity contribution is -0.120. The predicted molar refractivity (Wildman–Crippen MR) is 246 cm³/mol. The molecule has 5 aromatic rings. The number of benzene rings is 4. The fraction of sp³-hybridized carbons (Fsp3) is 0.354. The van der Waals surface area contributed by atoms with E-state index in [0.29, 0.717) is 59.6 Å². The maximum Gasteiger partial charge on any atom is 0.328 e. The summed E-state index contributed by atoms with van der Waals surface area (Å²) in [4.78, 5) is 59.1. The number of amides is 5. The fourth-order valence-electron chi connectivity index (χ4n) is 9.35. The van der Waals surface area contributed by atoms with Gasteiger partial charge in [0.05, 0.1) is 14.2 Å². The van der Waals surface area contributed by atoms with Crippen LogP contribution in [0.1, 0.15) is 51.1 Å². The molecule has 5 heterocycles. The Kier molecular flexibility index (Phi) is 12.1. The van der Waals surface area contributed by atoms with Crippen LogP contribution in [0.5, 0.6) is 11.5 Å². The van der Waals surface area contributed by atoms with Crippen molar-refractivity contribution in [2.75, 3.05) is 86.6 Å². The number of urea groups is 1. The zero-order chi connectivity index (χ0) is 44.3. The second-order valence-electron chi connectivity index (χ2n) is 16.8. The highest BCUT2D eigenvalue weighted by Gasteiger charge is 2.29. The lowest BCUT2D eigenvalue weighted by Gasteiger charge is -2.40. The largest absolute Gasteiger partial charge is 0.496 e. The molecule has 4 aliphatic rings. The Morgan fingerprint density at radius 1 is 0.750 bits per heavy atom. The van der Waals surface area contributed by atoms with E-state index in [1.54, 1.807) is 23.1 Å². The molecule has 64 heavy (non-hydrogen) atoms. The van der Waals surface area contributed by atoms with Crippen LogP contribution in [0.3, 0.4) is 0 Å². The minimum Gasteiger partial charge on any atom is -0.496 e. The zero-order valence-electron chi connectivity index (χ0n) is 36.3. The van der Waals surface area contributed by atoms with Crippen molar-refractivity contribution in [3.05, 3.63) is 107 Å². The normalized spacial score (nSPS) is 16.9. The molecule has 1 aromatic heterocycles. The summed E-state index contributed by atoms with van der Waals surface area (Å²) in [6, 6.07) is 27.0. The molecular weight excluding hydrogens is 813 g/mol. The molecule has 3 saturated heterocycles. The summed E-state index contributed by atoms with van der Waals surface area (Å²) in [6.07, 6.45) is 3.33. The van der Waals surface area contributed by atoms with Gasteiger partial charge >= 0.3 is 6.03 Å². The van der Waals surface area contributed by atoms with Crippen molar-refractivity contribution in [3.63, 3.8) is 0 Å². The van der Waals surface area contributed by atoms with Gasteiger partial charge in [0.25, 0.3) is 11.8 Å². The van der Waals surface area contributed by atoms with E-state index in [2.05, 4.69) is 61.0 Å². The number of ether oxygens (including phenoxy) is 2. The Labute approximate surface area is 372 Å². The van der Waals surface area contributed by atoms with Gasteiger partial charge in [-0.15, -0.1) is 0 Å². The van der Waals surface area contributed by atoms with Crippen molar-refractivity contribution < 1.29 is 28.7 Å². The second-order valence-corrected chi connectivity index (χ2v) is 16.8. The van der Waals surface area contributed by atoms with Crippen molar-refractivity contribution in [2.45, 2.75) is 38.8 Å². The Bertz CT molecular complexity index is 2520. The van der Waals surface area contributed by atoms with Crippen molar-refractivity contribution in [2.24, 2.45) is 11.7 Å². The van der Waals surface area contributed by atoms with Crippen LogP contribution in [-0.2, 0) is 24.3 Å². The van der Waals surface area contributed by atoms with Gasteiger partial charge in [0.15, 0.2) is 0 Å². The third-order valence-corrected chi connectivity index (χ3v) is 12.9. The van der Waals surface area contributed by atoms with Gasteiger partial charge in [-0.2, -0.15) is 5.10 Å². The van der Waals surface area contributed by atoms with Gasteiger partial charge in [-0.1, -0.05) is 30.3 Å². The van der Waals surface area contributed by atoms with Crippen LogP contribution in [0.25, 0.3) is 11.3 Å². The number of nitrogens with one attached hydrogen (secondary N) is 3. The van der Waals surface area contributed by atoms with Crippen LogP contribution in [0.4, 0.5) is 33.4 Å². The molecule has 0 atom stereocenters. The number of piperazine rings is 1. The number of piperidine rings is 1. The lowest BCUT2D eigenvalue weighted by atomic mass is 9.95. The van der Waals surface area contributed by atoms with E-state index in [9.17, 15) is 19.2 Å². The number of hydrogen-bond donors (Lipinski definition) is 4. The van der Waals surface area contributed by atoms with Crippen LogP contribution in [-0.4, -0.2) is 105 Å². The van der Waals surface area contributed by atoms with Crippen molar-refractivity contribution in [1.29, 1.82) is 0 Å². The van der Waals surface area contributed by atoms with E-state index in [1.807, 2.05) is 41.1 Å². The lowest BCUT2D eigenvalue weighted by Crippen LogP contribution is -2.49. The summed E-state index contributed by atoms with van der Waals surface area (Å²) in [5.74, 6) is 0.976. The summed E-state index contributed by atoms with van der Waals surface area (Å²) < 4.78 is 12.6. The van der Waals surface area contributed by atoms with Gasteiger partial charge in [-0.05, 0) is 90.9 Å². The highest BCUT2D eigenvalue weighted by Crippen LogP contribution is 2.36. The van der Waals surface area contributed by atoms with E-state index in [0.717, 1.165) is 93.1 Å². The highest BCUT2D eigenvalue weighted by molar-refractivity contribution is 6.06. The first-order valence-corrected chi connectivity index (χ1v) is 22.0. The summed E-state index contributed by atoms with van der Waals surface area (Å²) in [5, 5.41) is 13.7. The molecule has 3 fully saturated rings. The third-order valence-electron chi connectivity index (χ3n) is 12.9. The van der Waals surface area contributed by atoms with Gasteiger partial charge in [-0.25, -0.2) is 9.48 Å². The predicted octanol–water partition coefficient (Wildman–Crippen LogP) is 5.38. The number of carbonyl (C=O) groups excluding carboxylic acids is 4. The van der Waals surface area contributed by atoms with Gasteiger partial charge in [0.2, 0.25) is 5.91 Å². The molecule has 4 aromatic carbocycles. The number of rotatable bonds is 12. The number of anilines is 5. The van der Waals surface area contributed by atoms with Crippen molar-refractivity contribution in [3.8, 4) is 22.8 Å². The summed E-state index contributed by atoms with van der Waals surface area (Å²) in [7, 11) is 3.02. The minimum absolute atomic E-state index is 0.226. The monoisotopic (exact) mass is 866 g/mol. The molecule has 16 nitrogen and oxygen atoms in total. The molecule has 0 radical (unpaired) electrons. The number of fused-ring (bicyclic) bond motifs is 2. The fourth-order valence-corrected chi connectivity index (χ4v) is 9.35. The van der Waals surface area contributed by atoms with E-state index in [4.69, 9.17) is 20.3 Å². The van der Waals surface area contributed by atoms with Crippen LogP contribution in [0.2, 0.25) is 0 Å². The first kappa shape index (κ1) is 42.2. The molecule has 332 valence electrons. The maximum absolute atomic E-state index is 13.1. The molecule has 0 unspecified atom stereocenters. The Hall–Kier alpha value is -7.07. The van der Waals surface area contributed by atoms with E-state index >= 15 is 0 Å². The molecule has 0 saturated carbocycles. The van der Waals surface area contributed by atoms with Crippen molar-refractivity contribution in [1.82, 2.24) is 25.3 Å². The average Bonchev–Trinajstić information content (AvgIpc) is 3.59. The van der Waals surface area contributed by atoms with Crippen molar-refractivity contribution >= 4 is 52.3 Å². The van der Waals surface area contributed by atoms with E-state index in [-0.39, 0.29) is 24.4 Å². The molecule has 0 spiro atoms. The average molecular weight is 867 g/mol. The van der Waals surface area contributed by atoms with Crippen LogP contribution in [0.15, 0.2) is 84.9 Å². The molecule has 9 rings (SSSR count). The van der Waals surface area contributed by atoms with E-state index < -0.39 is 5.91 Å². The number of nitrogens with two attached hydrogens (primary N) is 1. The summed E-state index contributed by atoms with van der Waals surface area (Å²) in [5.41, 5.74) is 14.1. The molecule has 5 N–H and O–H groups in total. The molecule has 0 bridgehead atoms.